The van der Waals surface area contributed by atoms with Gasteiger partial charge in [-0.15, -0.1) is 0 Å². The second-order valence-corrected chi connectivity index (χ2v) is 12.3. The Hall–Kier alpha value is -3.93. The van der Waals surface area contributed by atoms with Crippen LogP contribution in [0.25, 0.3) is 11.1 Å². The molecule has 216 valence electrons. The lowest BCUT2D eigenvalue weighted by molar-refractivity contribution is -0.142. The quantitative estimate of drug-likeness (QED) is 0.135. The molecule has 0 heterocycles. The fourth-order valence-electron chi connectivity index (χ4n) is 5.21. The molecule has 1 N–H and O–H groups in total. The molecule has 0 aromatic heterocycles. The first kappa shape index (κ1) is 31.0. The number of carbonyl (C=O) groups is 2. The van der Waals surface area contributed by atoms with Crippen LogP contribution in [0.1, 0.15) is 39.0 Å². The Balaban J connectivity index is 1.93. The number of carbonyl (C=O) groups excluding carboxylic acids is 2. The topological polar surface area (TPSA) is 89.5 Å². The SMILES string of the molecule is COC(=O)[C@H](CCSC)NC(=O)c1ccc(C(Cc2ccccc2)(c2ccccc2)P(=O)=O)cc1-c1ccccc1C. The first-order valence-electron chi connectivity index (χ1n) is 13.6. The van der Waals surface area contributed by atoms with Crippen LogP contribution in [0, 0.1) is 6.92 Å². The average Bonchev–Trinajstić information content (AvgIpc) is 3.02. The fraction of sp³-hybridized carbons (Fsp3) is 0.235. The molecule has 42 heavy (non-hydrogen) atoms. The number of hydrogen-bond acceptors (Lipinski definition) is 6. The Morgan fingerprint density at radius 1 is 0.857 bits per heavy atom. The minimum Gasteiger partial charge on any atom is -0.467 e. The van der Waals surface area contributed by atoms with Crippen LogP contribution in [-0.4, -0.2) is 37.0 Å². The summed E-state index contributed by atoms with van der Waals surface area (Å²) in [6.45, 7) is 1.95. The third-order valence-corrected chi connectivity index (χ3v) is 9.39. The highest BCUT2D eigenvalue weighted by molar-refractivity contribution is 7.98. The lowest BCUT2D eigenvalue weighted by atomic mass is 9.82. The highest BCUT2D eigenvalue weighted by Gasteiger charge is 2.41. The van der Waals surface area contributed by atoms with Gasteiger partial charge in [0, 0.05) is 5.56 Å². The van der Waals surface area contributed by atoms with Gasteiger partial charge in [-0.1, -0.05) is 91.0 Å². The molecule has 1 amide bonds. The van der Waals surface area contributed by atoms with Gasteiger partial charge in [0.05, 0.1) is 7.11 Å². The zero-order chi connectivity index (χ0) is 30.1. The summed E-state index contributed by atoms with van der Waals surface area (Å²) in [5, 5.41) is 1.46. The number of thioether (sulfide) groups is 1. The molecule has 2 atom stereocenters. The van der Waals surface area contributed by atoms with Gasteiger partial charge in [-0.3, -0.25) is 4.79 Å². The third kappa shape index (κ3) is 6.75. The largest absolute Gasteiger partial charge is 0.467 e. The second-order valence-electron chi connectivity index (χ2n) is 10.1. The number of benzene rings is 4. The Morgan fingerprint density at radius 3 is 2.12 bits per heavy atom. The van der Waals surface area contributed by atoms with Gasteiger partial charge < -0.3 is 10.1 Å². The summed E-state index contributed by atoms with van der Waals surface area (Å²) in [4.78, 5) is 26.2. The third-order valence-electron chi connectivity index (χ3n) is 7.44. The summed E-state index contributed by atoms with van der Waals surface area (Å²) in [6.07, 6.45) is 2.57. The summed E-state index contributed by atoms with van der Waals surface area (Å²) >= 11 is 1.57. The molecule has 0 saturated carbocycles. The fourth-order valence-corrected chi connectivity index (χ4v) is 6.70. The first-order chi connectivity index (χ1) is 20.3. The molecule has 0 aliphatic heterocycles. The monoisotopic (exact) mass is 599 g/mol. The highest BCUT2D eigenvalue weighted by atomic mass is 32.2. The Morgan fingerprint density at radius 2 is 1.50 bits per heavy atom. The molecule has 0 radical (unpaired) electrons. The van der Waals surface area contributed by atoms with Gasteiger partial charge >= 0.3 is 13.6 Å². The van der Waals surface area contributed by atoms with E-state index in [-0.39, 0.29) is 6.42 Å². The van der Waals surface area contributed by atoms with Crippen molar-refractivity contribution in [3.8, 4) is 11.1 Å². The van der Waals surface area contributed by atoms with E-state index in [4.69, 9.17) is 4.74 Å². The van der Waals surface area contributed by atoms with Crippen molar-refractivity contribution in [3.63, 3.8) is 0 Å². The molecule has 4 aromatic rings. The van der Waals surface area contributed by atoms with Crippen LogP contribution in [0.15, 0.2) is 103 Å². The molecule has 0 bridgehead atoms. The van der Waals surface area contributed by atoms with Crippen molar-refractivity contribution < 1.29 is 23.5 Å². The van der Waals surface area contributed by atoms with Crippen LogP contribution in [0.3, 0.4) is 0 Å². The molecule has 4 rings (SSSR count). The van der Waals surface area contributed by atoms with Gasteiger partial charge in [0.15, 0.2) is 0 Å². The molecule has 6 nitrogen and oxygen atoms in total. The number of methoxy groups -OCH3 is 1. The summed E-state index contributed by atoms with van der Waals surface area (Å²) in [7, 11) is -1.73. The van der Waals surface area contributed by atoms with E-state index in [1.807, 2.05) is 104 Å². The van der Waals surface area contributed by atoms with E-state index in [9.17, 15) is 18.7 Å². The zero-order valence-corrected chi connectivity index (χ0v) is 25.6. The summed E-state index contributed by atoms with van der Waals surface area (Å²) in [5.41, 5.74) is 4.71. The molecule has 8 heteroatoms. The number of nitrogens with one attached hydrogen (secondary N) is 1. The van der Waals surface area contributed by atoms with Gasteiger partial charge in [-0.2, -0.15) is 11.8 Å². The number of rotatable bonds is 12. The summed E-state index contributed by atoms with van der Waals surface area (Å²) < 4.78 is 31.8. The molecule has 0 saturated heterocycles. The maximum Gasteiger partial charge on any atom is 0.331 e. The standard InChI is InChI=1S/C34H34NO5PS/c1-24-12-10-11-17-28(24)30-22-27(18-19-29(30)32(36)35-31(20-21-42-3)33(37)40-2)34(41(38)39,26-15-8-5-9-16-26)23-25-13-6-4-7-14-25/h4-19,22,31H,20-21,23H2,1-3H3,(H,35,36)/t31-,34?/m0/s1. The average molecular weight is 600 g/mol. The van der Waals surface area contributed by atoms with E-state index < -0.39 is 30.8 Å². The smallest absolute Gasteiger partial charge is 0.331 e. The molecule has 0 fully saturated rings. The van der Waals surface area contributed by atoms with Crippen molar-refractivity contribution in [3.05, 3.63) is 131 Å². The Kier molecular flexibility index (Phi) is 10.6. The lowest BCUT2D eigenvalue weighted by Crippen LogP contribution is -2.42. The van der Waals surface area contributed by atoms with Crippen molar-refractivity contribution in [1.29, 1.82) is 0 Å². The predicted octanol–water partition coefficient (Wildman–Crippen LogP) is 7.35. The molecule has 0 aliphatic carbocycles. The second kappa shape index (κ2) is 14.3. The molecule has 0 spiro atoms. The minimum atomic E-state index is -3.03. The maximum absolute atomic E-state index is 13.8. The van der Waals surface area contributed by atoms with Gasteiger partial charge in [0.2, 0.25) is 0 Å². The number of aryl methyl sites for hydroxylation is 1. The van der Waals surface area contributed by atoms with Gasteiger partial charge in [-0.25, -0.2) is 13.9 Å². The number of hydrogen-bond donors (Lipinski definition) is 1. The van der Waals surface area contributed by atoms with Crippen LogP contribution >= 0.6 is 19.4 Å². The number of esters is 1. The Bertz CT molecular complexity index is 1600. The zero-order valence-electron chi connectivity index (χ0n) is 23.9. The molecule has 1 unspecified atom stereocenters. The van der Waals surface area contributed by atoms with E-state index >= 15 is 0 Å². The number of ether oxygens (including phenoxy) is 1. The molecule has 0 aliphatic rings. The van der Waals surface area contributed by atoms with Gasteiger partial charge in [0.25, 0.3) is 5.91 Å². The van der Waals surface area contributed by atoms with Crippen LogP contribution in [0.2, 0.25) is 0 Å². The lowest BCUT2D eigenvalue weighted by Gasteiger charge is -2.29. The van der Waals surface area contributed by atoms with Gasteiger partial charge in [-0.05, 0) is 77.3 Å². The molecular weight excluding hydrogens is 565 g/mol. The van der Waals surface area contributed by atoms with Crippen molar-refractivity contribution in [2.24, 2.45) is 0 Å². The van der Waals surface area contributed by atoms with Crippen molar-refractivity contribution in [1.82, 2.24) is 5.32 Å². The van der Waals surface area contributed by atoms with Crippen molar-refractivity contribution in [2.75, 3.05) is 19.1 Å². The van der Waals surface area contributed by atoms with Crippen molar-refractivity contribution in [2.45, 2.75) is 31.0 Å². The molecular formula is C34H34NO5PS. The van der Waals surface area contributed by atoms with Crippen molar-refractivity contribution >= 4 is 31.3 Å². The van der Waals surface area contributed by atoms with E-state index in [1.165, 1.54) is 7.11 Å². The van der Waals surface area contributed by atoms with Crippen LogP contribution in [-0.2, 0) is 30.2 Å². The van der Waals surface area contributed by atoms with E-state index in [1.54, 1.807) is 23.9 Å². The normalized spacial score (nSPS) is 13.0. The van der Waals surface area contributed by atoms with E-state index in [0.717, 1.165) is 16.7 Å². The Labute approximate surface area is 251 Å². The van der Waals surface area contributed by atoms with E-state index in [0.29, 0.717) is 34.4 Å². The van der Waals surface area contributed by atoms with E-state index in [2.05, 4.69) is 5.32 Å². The predicted molar refractivity (Wildman–Crippen MR) is 169 cm³/mol. The minimum absolute atomic E-state index is 0.217. The highest BCUT2D eigenvalue weighted by Crippen LogP contribution is 2.49. The number of amides is 1. The van der Waals surface area contributed by atoms with Crippen LogP contribution in [0.4, 0.5) is 0 Å². The van der Waals surface area contributed by atoms with Crippen LogP contribution < -0.4 is 5.32 Å². The van der Waals surface area contributed by atoms with Gasteiger partial charge in [0.1, 0.15) is 11.2 Å². The molecule has 4 aromatic carbocycles. The summed E-state index contributed by atoms with van der Waals surface area (Å²) in [6, 6.07) is 30.7. The summed E-state index contributed by atoms with van der Waals surface area (Å²) in [5.74, 6) is -0.281. The van der Waals surface area contributed by atoms with Crippen LogP contribution in [0.5, 0.6) is 0 Å². The maximum atomic E-state index is 13.8. The first-order valence-corrected chi connectivity index (χ1v) is 16.2.